The number of aryl methyl sites for hydroxylation is 1. The summed E-state index contributed by atoms with van der Waals surface area (Å²) in [5.74, 6) is -1.18. The predicted octanol–water partition coefficient (Wildman–Crippen LogP) is 2.75. The quantitative estimate of drug-likeness (QED) is 0.765. The van der Waals surface area contributed by atoms with Crippen LogP contribution in [0.2, 0.25) is 0 Å². The number of aromatic nitrogens is 1. The maximum absolute atomic E-state index is 13.9. The first-order valence-electron chi connectivity index (χ1n) is 10.0. The second-order valence-corrected chi connectivity index (χ2v) is 7.55. The Labute approximate surface area is 172 Å². The van der Waals surface area contributed by atoms with Crippen molar-refractivity contribution in [2.45, 2.75) is 25.7 Å². The lowest BCUT2D eigenvalue weighted by atomic mass is 9.96. The number of likely N-dealkylation sites (tertiary alicyclic amines) is 1. The average Bonchev–Trinajstić information content (AvgIpc) is 3.16. The van der Waals surface area contributed by atoms with E-state index in [1.165, 1.54) is 4.90 Å². The number of nitrogens with zero attached hydrogens (tertiary/aromatic N) is 3. The summed E-state index contributed by atoms with van der Waals surface area (Å²) in [7, 11) is 0. The molecule has 0 bridgehead atoms. The molecule has 2 amide bonds. The molecule has 0 saturated carbocycles. The van der Waals surface area contributed by atoms with Gasteiger partial charge in [-0.3, -0.25) is 9.59 Å². The van der Waals surface area contributed by atoms with Gasteiger partial charge in [-0.25, -0.2) is 13.8 Å². The monoisotopic (exact) mass is 419 g/mol. The molecule has 9 heteroatoms. The number of rotatable bonds is 3. The molecule has 2 fully saturated rings. The van der Waals surface area contributed by atoms with Crippen LogP contribution in [0.5, 0.6) is 0 Å². The van der Waals surface area contributed by atoms with E-state index < -0.39 is 17.5 Å². The Kier molecular flexibility index (Phi) is 5.80. The molecule has 0 aliphatic carbocycles. The van der Waals surface area contributed by atoms with Crippen LogP contribution >= 0.6 is 0 Å². The Morgan fingerprint density at radius 3 is 2.40 bits per heavy atom. The van der Waals surface area contributed by atoms with Crippen molar-refractivity contribution >= 4 is 11.8 Å². The molecular formula is C21H23F2N3O4. The van der Waals surface area contributed by atoms with E-state index in [4.69, 9.17) is 9.15 Å². The second kappa shape index (κ2) is 8.51. The lowest BCUT2D eigenvalue weighted by Crippen LogP contribution is -2.41. The summed E-state index contributed by atoms with van der Waals surface area (Å²) >= 11 is 0. The van der Waals surface area contributed by atoms with E-state index in [9.17, 15) is 18.4 Å². The first kappa shape index (κ1) is 20.5. The molecule has 2 aliphatic rings. The number of morpholine rings is 1. The zero-order chi connectivity index (χ0) is 21.3. The summed E-state index contributed by atoms with van der Waals surface area (Å²) in [6.07, 6.45) is 1.13. The zero-order valence-electron chi connectivity index (χ0n) is 16.7. The Balaban J connectivity index is 1.41. The van der Waals surface area contributed by atoms with Gasteiger partial charge in [0.15, 0.2) is 11.6 Å². The van der Waals surface area contributed by atoms with Gasteiger partial charge in [0.1, 0.15) is 17.4 Å². The lowest BCUT2D eigenvalue weighted by Gasteiger charge is -2.30. The number of amides is 2. The molecular weight excluding hydrogens is 396 g/mol. The van der Waals surface area contributed by atoms with Crippen molar-refractivity contribution < 1.29 is 27.5 Å². The van der Waals surface area contributed by atoms with Gasteiger partial charge in [0.2, 0.25) is 0 Å². The van der Waals surface area contributed by atoms with Gasteiger partial charge in [-0.2, -0.15) is 0 Å². The van der Waals surface area contributed by atoms with Crippen LogP contribution < -0.4 is 0 Å². The molecule has 2 saturated heterocycles. The molecule has 2 aliphatic heterocycles. The van der Waals surface area contributed by atoms with Crippen molar-refractivity contribution in [3.63, 3.8) is 0 Å². The number of hydrogen-bond acceptors (Lipinski definition) is 5. The second-order valence-electron chi connectivity index (χ2n) is 7.55. The molecule has 0 radical (unpaired) electrons. The van der Waals surface area contributed by atoms with Crippen LogP contribution in [0.25, 0.3) is 0 Å². The lowest BCUT2D eigenvalue weighted by molar-refractivity contribution is 0.0298. The summed E-state index contributed by atoms with van der Waals surface area (Å²) in [5.41, 5.74) is 0.0473. The van der Waals surface area contributed by atoms with Crippen molar-refractivity contribution in [3.05, 3.63) is 52.7 Å². The molecule has 0 unspecified atom stereocenters. The SMILES string of the molecule is Cc1oc(C2CCN(C(=O)c3cc(F)ccc3F)CC2)nc1C(=O)N1CCOCC1. The van der Waals surface area contributed by atoms with E-state index in [0.29, 0.717) is 69.6 Å². The van der Waals surface area contributed by atoms with Gasteiger partial charge in [-0.15, -0.1) is 0 Å². The van der Waals surface area contributed by atoms with E-state index in [2.05, 4.69) is 4.98 Å². The van der Waals surface area contributed by atoms with E-state index >= 15 is 0 Å². The molecule has 0 N–H and O–H groups in total. The average molecular weight is 419 g/mol. The molecule has 30 heavy (non-hydrogen) atoms. The molecule has 160 valence electrons. The summed E-state index contributed by atoms with van der Waals surface area (Å²) in [4.78, 5) is 32.9. The van der Waals surface area contributed by atoms with Gasteiger partial charge < -0.3 is 19.0 Å². The molecule has 2 aromatic rings. The molecule has 4 rings (SSSR count). The first-order chi connectivity index (χ1) is 14.4. The predicted molar refractivity (Wildman–Crippen MR) is 102 cm³/mol. The van der Waals surface area contributed by atoms with Crippen LogP contribution in [0.4, 0.5) is 8.78 Å². The highest BCUT2D eigenvalue weighted by Gasteiger charge is 2.31. The fraction of sp³-hybridized carbons (Fsp3) is 0.476. The molecule has 1 aromatic heterocycles. The van der Waals surface area contributed by atoms with Crippen molar-refractivity contribution in [2.75, 3.05) is 39.4 Å². The summed E-state index contributed by atoms with van der Waals surface area (Å²) in [6.45, 7) is 4.52. The zero-order valence-corrected chi connectivity index (χ0v) is 16.7. The molecule has 7 nitrogen and oxygen atoms in total. The number of benzene rings is 1. The molecule has 1 aromatic carbocycles. The summed E-state index contributed by atoms with van der Waals surface area (Å²) in [6, 6.07) is 2.86. The van der Waals surface area contributed by atoms with Crippen molar-refractivity contribution in [2.24, 2.45) is 0 Å². The Morgan fingerprint density at radius 1 is 1.03 bits per heavy atom. The minimum Gasteiger partial charge on any atom is -0.445 e. The largest absolute Gasteiger partial charge is 0.445 e. The maximum Gasteiger partial charge on any atom is 0.276 e. The number of oxazole rings is 1. The third-order valence-electron chi connectivity index (χ3n) is 5.60. The highest BCUT2D eigenvalue weighted by atomic mass is 19.1. The van der Waals surface area contributed by atoms with Crippen molar-refractivity contribution in [3.8, 4) is 0 Å². The van der Waals surface area contributed by atoms with Crippen LogP contribution in [-0.2, 0) is 4.74 Å². The Morgan fingerprint density at radius 2 is 1.70 bits per heavy atom. The minimum absolute atomic E-state index is 0.0451. The number of ether oxygens (including phenoxy) is 1. The third kappa shape index (κ3) is 4.07. The Hall–Kier alpha value is -2.81. The normalized spacial score (nSPS) is 18.0. The number of halogens is 2. The van der Waals surface area contributed by atoms with Gasteiger partial charge in [-0.1, -0.05) is 0 Å². The third-order valence-corrected chi connectivity index (χ3v) is 5.60. The van der Waals surface area contributed by atoms with Crippen molar-refractivity contribution in [1.82, 2.24) is 14.8 Å². The summed E-state index contributed by atoms with van der Waals surface area (Å²) < 4.78 is 38.4. The van der Waals surface area contributed by atoms with Gasteiger partial charge in [-0.05, 0) is 38.0 Å². The van der Waals surface area contributed by atoms with Crippen LogP contribution in [0, 0.1) is 18.6 Å². The van der Waals surface area contributed by atoms with E-state index in [-0.39, 0.29) is 17.4 Å². The van der Waals surface area contributed by atoms with Gasteiger partial charge in [0.05, 0.1) is 18.8 Å². The fourth-order valence-electron chi connectivity index (χ4n) is 3.87. The standard InChI is InChI=1S/C21H23F2N3O4/c1-13-18(21(28)26-8-10-29-11-9-26)24-19(30-13)14-4-6-25(7-5-14)20(27)16-12-15(22)2-3-17(16)23/h2-3,12,14H,4-11H2,1H3. The highest BCUT2D eigenvalue weighted by molar-refractivity contribution is 5.94. The number of piperidine rings is 1. The molecule has 0 spiro atoms. The van der Waals surface area contributed by atoms with Crippen LogP contribution in [0.1, 0.15) is 51.3 Å². The highest BCUT2D eigenvalue weighted by Crippen LogP contribution is 2.30. The smallest absolute Gasteiger partial charge is 0.276 e. The van der Waals surface area contributed by atoms with Gasteiger partial charge in [0, 0.05) is 32.1 Å². The van der Waals surface area contributed by atoms with Crippen LogP contribution in [-0.4, -0.2) is 66.0 Å². The van der Waals surface area contributed by atoms with Crippen LogP contribution in [0.3, 0.4) is 0 Å². The van der Waals surface area contributed by atoms with E-state index in [0.717, 1.165) is 18.2 Å². The van der Waals surface area contributed by atoms with E-state index in [1.807, 2.05) is 0 Å². The topological polar surface area (TPSA) is 75.9 Å². The fourth-order valence-corrected chi connectivity index (χ4v) is 3.87. The Bertz CT molecular complexity index is 948. The first-order valence-corrected chi connectivity index (χ1v) is 10.0. The maximum atomic E-state index is 13.9. The molecule has 3 heterocycles. The van der Waals surface area contributed by atoms with E-state index in [1.54, 1.807) is 11.8 Å². The van der Waals surface area contributed by atoms with Crippen molar-refractivity contribution in [1.29, 1.82) is 0 Å². The molecule has 0 atom stereocenters. The van der Waals surface area contributed by atoms with Crippen LogP contribution in [0.15, 0.2) is 22.6 Å². The van der Waals surface area contributed by atoms with Gasteiger partial charge >= 0.3 is 0 Å². The number of carbonyl (C=O) groups excluding carboxylic acids is 2. The number of carbonyl (C=O) groups is 2. The van der Waals surface area contributed by atoms with Gasteiger partial charge in [0.25, 0.3) is 11.8 Å². The number of hydrogen-bond donors (Lipinski definition) is 0. The minimum atomic E-state index is -0.738. The summed E-state index contributed by atoms with van der Waals surface area (Å²) in [5, 5.41) is 0.